The molecule has 1 fully saturated rings. The van der Waals surface area contributed by atoms with Crippen molar-refractivity contribution >= 4 is 28.8 Å². The van der Waals surface area contributed by atoms with Crippen molar-refractivity contribution in [3.8, 4) is 5.75 Å². The van der Waals surface area contributed by atoms with E-state index in [9.17, 15) is 14.7 Å². The van der Waals surface area contributed by atoms with E-state index in [-0.39, 0.29) is 17.9 Å². The van der Waals surface area contributed by atoms with E-state index in [0.717, 1.165) is 4.88 Å². The van der Waals surface area contributed by atoms with Crippen LogP contribution in [0.3, 0.4) is 0 Å². The summed E-state index contributed by atoms with van der Waals surface area (Å²) in [6.07, 6.45) is 3.23. The zero-order valence-electron chi connectivity index (χ0n) is 15.6. The monoisotopic (exact) mass is 406 g/mol. The fraction of sp³-hybridized carbons (Fsp3) is 0.136. The molecule has 3 heterocycles. The van der Waals surface area contributed by atoms with Crippen molar-refractivity contribution in [1.82, 2.24) is 9.88 Å². The summed E-state index contributed by atoms with van der Waals surface area (Å²) >= 11 is 1.51. The first-order valence-electron chi connectivity index (χ1n) is 8.95. The van der Waals surface area contributed by atoms with Crippen LogP contribution >= 0.6 is 11.3 Å². The molecule has 0 spiro atoms. The quantitative estimate of drug-likeness (QED) is 0.396. The van der Waals surface area contributed by atoms with Crippen LogP contribution in [0, 0.1) is 0 Å². The van der Waals surface area contributed by atoms with Gasteiger partial charge in [-0.3, -0.25) is 14.6 Å². The lowest BCUT2D eigenvalue weighted by molar-refractivity contribution is -0.140. The molecule has 29 heavy (non-hydrogen) atoms. The minimum Gasteiger partial charge on any atom is -0.507 e. The number of benzene rings is 1. The van der Waals surface area contributed by atoms with Gasteiger partial charge in [-0.1, -0.05) is 12.1 Å². The zero-order valence-corrected chi connectivity index (χ0v) is 16.4. The first kappa shape index (κ1) is 18.9. The second kappa shape index (κ2) is 7.89. The molecule has 1 atom stereocenters. The van der Waals surface area contributed by atoms with E-state index in [1.807, 2.05) is 17.5 Å². The van der Waals surface area contributed by atoms with Crippen LogP contribution in [0.2, 0.25) is 0 Å². The van der Waals surface area contributed by atoms with Crippen molar-refractivity contribution in [1.29, 1.82) is 0 Å². The summed E-state index contributed by atoms with van der Waals surface area (Å²) < 4.78 is 5.14. The number of ether oxygens (including phenoxy) is 1. The van der Waals surface area contributed by atoms with Crippen molar-refractivity contribution < 1.29 is 19.4 Å². The van der Waals surface area contributed by atoms with E-state index in [1.165, 1.54) is 16.2 Å². The number of nitrogens with zero attached hydrogens (tertiary/aromatic N) is 2. The normalized spacial score (nSPS) is 18.2. The molecule has 1 unspecified atom stereocenters. The number of aromatic nitrogens is 1. The molecule has 7 heteroatoms. The molecule has 0 bridgehead atoms. The fourth-order valence-electron chi connectivity index (χ4n) is 3.40. The molecule has 3 aromatic rings. The number of rotatable bonds is 5. The fourth-order valence-corrected chi connectivity index (χ4v) is 4.10. The van der Waals surface area contributed by atoms with Gasteiger partial charge < -0.3 is 14.7 Å². The SMILES string of the molecule is COc1ccc(/C(O)=C2/C(=O)C(=O)N(Cc3cccs3)C2c2cccnc2)cc1. The van der Waals surface area contributed by atoms with Gasteiger partial charge in [-0.25, -0.2) is 0 Å². The van der Waals surface area contributed by atoms with Crippen LogP contribution in [0.1, 0.15) is 22.0 Å². The zero-order chi connectivity index (χ0) is 20.4. The maximum Gasteiger partial charge on any atom is 0.295 e. The Labute approximate surface area is 171 Å². The summed E-state index contributed by atoms with van der Waals surface area (Å²) in [4.78, 5) is 32.3. The number of aliphatic hydroxyl groups excluding tert-OH is 1. The summed E-state index contributed by atoms with van der Waals surface area (Å²) in [5, 5.41) is 12.9. The van der Waals surface area contributed by atoms with E-state index in [1.54, 1.807) is 55.9 Å². The molecular weight excluding hydrogens is 388 g/mol. The van der Waals surface area contributed by atoms with Gasteiger partial charge in [-0.05, 0) is 47.3 Å². The lowest BCUT2D eigenvalue weighted by Gasteiger charge is -2.24. The molecule has 4 rings (SSSR count). The Hall–Kier alpha value is -3.45. The van der Waals surface area contributed by atoms with Gasteiger partial charge in [0.25, 0.3) is 11.7 Å². The average molecular weight is 406 g/mol. The molecule has 1 aliphatic rings. The number of pyridine rings is 1. The number of carbonyl (C=O) groups is 2. The Morgan fingerprint density at radius 1 is 1.17 bits per heavy atom. The van der Waals surface area contributed by atoms with Gasteiger partial charge in [0.2, 0.25) is 0 Å². The number of hydrogen-bond donors (Lipinski definition) is 1. The van der Waals surface area contributed by atoms with Crippen LogP contribution < -0.4 is 4.74 Å². The van der Waals surface area contributed by atoms with Gasteiger partial charge in [0.1, 0.15) is 11.5 Å². The molecule has 0 radical (unpaired) electrons. The van der Waals surface area contributed by atoms with E-state index in [0.29, 0.717) is 16.9 Å². The Balaban J connectivity index is 1.83. The number of likely N-dealkylation sites (tertiary alicyclic amines) is 1. The molecule has 1 aliphatic heterocycles. The van der Waals surface area contributed by atoms with Crippen molar-refractivity contribution in [3.05, 3.63) is 87.9 Å². The molecular formula is C22H18N2O4S. The number of aliphatic hydroxyl groups is 1. The number of hydrogen-bond acceptors (Lipinski definition) is 6. The maximum absolute atomic E-state index is 12.9. The molecule has 6 nitrogen and oxygen atoms in total. The number of amides is 1. The van der Waals surface area contributed by atoms with Crippen LogP contribution in [0.15, 0.2) is 71.9 Å². The average Bonchev–Trinajstić information content (AvgIpc) is 3.36. The van der Waals surface area contributed by atoms with Gasteiger partial charge in [0.15, 0.2) is 0 Å². The van der Waals surface area contributed by atoms with E-state index < -0.39 is 17.7 Å². The van der Waals surface area contributed by atoms with E-state index in [2.05, 4.69) is 4.98 Å². The molecule has 146 valence electrons. The lowest BCUT2D eigenvalue weighted by atomic mass is 9.96. The second-order valence-corrected chi connectivity index (χ2v) is 7.55. The molecule has 1 saturated heterocycles. The number of Topliss-reactive ketones (excluding diaryl/α,β-unsaturated/α-hetero) is 1. The summed E-state index contributed by atoms with van der Waals surface area (Å²) in [6, 6.07) is 13.3. The van der Waals surface area contributed by atoms with Crippen LogP contribution in [0.4, 0.5) is 0 Å². The van der Waals surface area contributed by atoms with Gasteiger partial charge in [0, 0.05) is 22.8 Å². The molecule has 0 aliphatic carbocycles. The molecule has 0 saturated carbocycles. The molecule has 2 aromatic heterocycles. The summed E-state index contributed by atoms with van der Waals surface area (Å²) in [7, 11) is 1.55. The summed E-state index contributed by atoms with van der Waals surface area (Å²) in [5.41, 5.74) is 1.16. The third-order valence-corrected chi connectivity index (χ3v) is 5.67. The van der Waals surface area contributed by atoms with E-state index in [4.69, 9.17) is 4.74 Å². The minimum atomic E-state index is -0.715. The van der Waals surface area contributed by atoms with Crippen LogP contribution in [0.25, 0.3) is 5.76 Å². The highest BCUT2D eigenvalue weighted by molar-refractivity contribution is 7.09. The Morgan fingerprint density at radius 3 is 2.59 bits per heavy atom. The number of ketones is 1. The number of carbonyl (C=O) groups excluding carboxylic acids is 2. The van der Waals surface area contributed by atoms with Crippen LogP contribution in [-0.4, -0.2) is 33.8 Å². The lowest BCUT2D eigenvalue weighted by Crippen LogP contribution is -2.28. The molecule has 1 N–H and O–H groups in total. The minimum absolute atomic E-state index is 0.0599. The highest BCUT2D eigenvalue weighted by Crippen LogP contribution is 2.40. The first-order valence-corrected chi connectivity index (χ1v) is 9.83. The Kier molecular flexibility index (Phi) is 5.14. The van der Waals surface area contributed by atoms with Crippen LogP contribution in [-0.2, 0) is 16.1 Å². The maximum atomic E-state index is 12.9. The highest BCUT2D eigenvalue weighted by atomic mass is 32.1. The predicted octanol–water partition coefficient (Wildman–Crippen LogP) is 3.77. The second-order valence-electron chi connectivity index (χ2n) is 6.52. The first-order chi connectivity index (χ1) is 14.1. The summed E-state index contributed by atoms with van der Waals surface area (Å²) in [5.74, 6) is -0.928. The van der Waals surface area contributed by atoms with Gasteiger partial charge in [-0.2, -0.15) is 0 Å². The van der Waals surface area contributed by atoms with Gasteiger partial charge in [0.05, 0.1) is 25.3 Å². The van der Waals surface area contributed by atoms with Gasteiger partial charge in [-0.15, -0.1) is 11.3 Å². The largest absolute Gasteiger partial charge is 0.507 e. The Bertz CT molecular complexity index is 1060. The van der Waals surface area contributed by atoms with Crippen molar-refractivity contribution in [3.63, 3.8) is 0 Å². The van der Waals surface area contributed by atoms with Crippen molar-refractivity contribution in [2.45, 2.75) is 12.6 Å². The van der Waals surface area contributed by atoms with Crippen molar-refractivity contribution in [2.24, 2.45) is 0 Å². The van der Waals surface area contributed by atoms with Gasteiger partial charge >= 0.3 is 0 Å². The third-order valence-electron chi connectivity index (χ3n) is 4.81. The molecule has 1 aromatic carbocycles. The standard InChI is InChI=1S/C22H18N2O4S/c1-28-16-8-6-14(7-9-16)20(25)18-19(15-4-2-10-23-12-15)24(22(27)21(18)26)13-17-5-3-11-29-17/h2-12,19,25H,13H2,1H3/b20-18-. The predicted molar refractivity (Wildman–Crippen MR) is 109 cm³/mol. The number of methoxy groups -OCH3 is 1. The van der Waals surface area contributed by atoms with E-state index >= 15 is 0 Å². The smallest absolute Gasteiger partial charge is 0.295 e. The highest BCUT2D eigenvalue weighted by Gasteiger charge is 2.46. The third kappa shape index (κ3) is 3.52. The Morgan fingerprint density at radius 2 is 1.97 bits per heavy atom. The topological polar surface area (TPSA) is 79.7 Å². The van der Waals surface area contributed by atoms with Crippen LogP contribution in [0.5, 0.6) is 5.75 Å². The summed E-state index contributed by atoms with van der Waals surface area (Å²) in [6.45, 7) is 0.279. The van der Waals surface area contributed by atoms with Crippen molar-refractivity contribution in [2.75, 3.05) is 7.11 Å². The molecule has 1 amide bonds. The number of thiophene rings is 1.